The minimum atomic E-state index is -0.407. The highest BCUT2D eigenvalue weighted by molar-refractivity contribution is 5.91. The minimum Gasteiger partial charge on any atom is -0.326 e. The van der Waals surface area contributed by atoms with Gasteiger partial charge in [-0.05, 0) is 44.9 Å². The highest BCUT2D eigenvalue weighted by Crippen LogP contribution is 2.16. The fourth-order valence-corrected chi connectivity index (χ4v) is 2.23. The van der Waals surface area contributed by atoms with Crippen LogP contribution in [0, 0.1) is 26.6 Å². The van der Waals surface area contributed by atoms with Crippen LogP contribution in [0.5, 0.6) is 0 Å². The predicted molar refractivity (Wildman–Crippen MR) is 82.4 cm³/mol. The van der Waals surface area contributed by atoms with Crippen LogP contribution < -0.4 is 10.9 Å². The third kappa shape index (κ3) is 3.78. The Morgan fingerprint density at radius 2 is 2.05 bits per heavy atom. The van der Waals surface area contributed by atoms with Gasteiger partial charge in [-0.3, -0.25) is 9.59 Å². The van der Waals surface area contributed by atoms with Gasteiger partial charge in [-0.25, -0.2) is 9.37 Å². The molecule has 0 fully saturated rings. The van der Waals surface area contributed by atoms with E-state index in [-0.39, 0.29) is 24.3 Å². The molecule has 116 valence electrons. The first-order valence-corrected chi connectivity index (χ1v) is 6.99. The summed E-state index contributed by atoms with van der Waals surface area (Å²) in [4.78, 5) is 30.6. The molecule has 0 radical (unpaired) electrons. The van der Waals surface area contributed by atoms with E-state index in [1.807, 2.05) is 0 Å². The molecule has 0 aliphatic carbocycles. The zero-order chi connectivity index (χ0) is 16.3. The lowest BCUT2D eigenvalue weighted by molar-refractivity contribution is -0.116. The lowest BCUT2D eigenvalue weighted by atomic mass is 10.1. The van der Waals surface area contributed by atoms with E-state index < -0.39 is 5.82 Å². The van der Waals surface area contributed by atoms with Crippen LogP contribution in [0.3, 0.4) is 0 Å². The Bertz CT molecular complexity index is 768. The van der Waals surface area contributed by atoms with Crippen LogP contribution in [-0.4, -0.2) is 15.9 Å². The Balaban J connectivity index is 2.05. The van der Waals surface area contributed by atoms with Crippen LogP contribution in [0.1, 0.15) is 29.1 Å². The van der Waals surface area contributed by atoms with Crippen LogP contribution in [0.25, 0.3) is 0 Å². The molecule has 5 nitrogen and oxygen atoms in total. The molecule has 0 unspecified atom stereocenters. The summed E-state index contributed by atoms with van der Waals surface area (Å²) < 4.78 is 13.2. The molecule has 0 saturated heterocycles. The van der Waals surface area contributed by atoms with Crippen LogP contribution in [-0.2, 0) is 11.2 Å². The summed E-state index contributed by atoms with van der Waals surface area (Å²) in [7, 11) is 0. The fraction of sp³-hybridized carbons (Fsp3) is 0.312. The molecule has 0 spiro atoms. The second kappa shape index (κ2) is 6.51. The third-order valence-corrected chi connectivity index (χ3v) is 3.42. The minimum absolute atomic E-state index is 0.130. The Kier molecular flexibility index (Phi) is 4.70. The highest BCUT2D eigenvalue weighted by Gasteiger charge is 2.11. The zero-order valence-electron chi connectivity index (χ0n) is 12.8. The number of hydrogen-bond donors (Lipinski definition) is 2. The largest absolute Gasteiger partial charge is 0.326 e. The molecule has 0 bridgehead atoms. The van der Waals surface area contributed by atoms with Gasteiger partial charge in [-0.15, -0.1) is 0 Å². The van der Waals surface area contributed by atoms with Crippen molar-refractivity contribution >= 4 is 11.6 Å². The number of carbonyl (C=O) groups is 1. The Labute approximate surface area is 127 Å². The number of aryl methyl sites for hydroxylation is 3. The van der Waals surface area contributed by atoms with Crippen LogP contribution in [0.2, 0.25) is 0 Å². The van der Waals surface area contributed by atoms with Crippen molar-refractivity contribution in [2.24, 2.45) is 0 Å². The molecule has 1 amide bonds. The van der Waals surface area contributed by atoms with E-state index in [1.165, 1.54) is 12.1 Å². The van der Waals surface area contributed by atoms with Gasteiger partial charge in [0.25, 0.3) is 5.56 Å². The molecular weight excluding hydrogens is 285 g/mol. The van der Waals surface area contributed by atoms with Crippen molar-refractivity contribution in [2.75, 3.05) is 5.32 Å². The average Bonchev–Trinajstić information content (AvgIpc) is 2.41. The van der Waals surface area contributed by atoms with Crippen molar-refractivity contribution in [1.82, 2.24) is 9.97 Å². The number of carbonyl (C=O) groups excluding carboxylic acids is 1. The van der Waals surface area contributed by atoms with Gasteiger partial charge < -0.3 is 10.3 Å². The molecule has 1 heterocycles. The van der Waals surface area contributed by atoms with Crippen molar-refractivity contribution < 1.29 is 9.18 Å². The number of rotatable bonds is 4. The van der Waals surface area contributed by atoms with Gasteiger partial charge in [0, 0.05) is 23.4 Å². The van der Waals surface area contributed by atoms with Crippen LogP contribution in [0.4, 0.5) is 10.1 Å². The molecule has 0 saturated carbocycles. The molecule has 2 aromatic rings. The normalized spacial score (nSPS) is 10.5. The number of benzene rings is 1. The molecule has 0 aliphatic heterocycles. The fourth-order valence-electron chi connectivity index (χ4n) is 2.23. The van der Waals surface area contributed by atoms with Crippen molar-refractivity contribution in [3.63, 3.8) is 0 Å². The van der Waals surface area contributed by atoms with Gasteiger partial charge >= 0.3 is 0 Å². The second-order valence-electron chi connectivity index (χ2n) is 5.22. The van der Waals surface area contributed by atoms with Crippen molar-refractivity contribution in [2.45, 2.75) is 33.6 Å². The standard InChI is InChI=1S/C16H18FN3O2/c1-9-4-5-12(17)8-14(9)20-15(21)7-6-13-10(2)18-11(3)19-16(13)22/h4-5,8H,6-7H2,1-3H3,(H,20,21)(H,18,19,22). The zero-order valence-corrected chi connectivity index (χ0v) is 12.8. The van der Waals surface area contributed by atoms with Crippen molar-refractivity contribution in [3.8, 4) is 0 Å². The van der Waals surface area contributed by atoms with E-state index in [2.05, 4.69) is 15.3 Å². The summed E-state index contributed by atoms with van der Waals surface area (Å²) in [6, 6.07) is 4.22. The quantitative estimate of drug-likeness (QED) is 0.910. The monoisotopic (exact) mass is 303 g/mol. The first-order valence-electron chi connectivity index (χ1n) is 6.99. The van der Waals surface area contributed by atoms with E-state index >= 15 is 0 Å². The molecular formula is C16H18FN3O2. The number of nitrogens with zero attached hydrogens (tertiary/aromatic N) is 1. The predicted octanol–water partition coefficient (Wildman–Crippen LogP) is 2.41. The summed E-state index contributed by atoms with van der Waals surface area (Å²) in [6.45, 7) is 5.23. The maximum atomic E-state index is 13.2. The molecule has 0 aliphatic rings. The summed E-state index contributed by atoms with van der Waals surface area (Å²) in [6.07, 6.45) is 0.416. The molecule has 2 N–H and O–H groups in total. The Morgan fingerprint density at radius 3 is 2.73 bits per heavy atom. The Hall–Kier alpha value is -2.50. The van der Waals surface area contributed by atoms with E-state index in [4.69, 9.17) is 0 Å². The van der Waals surface area contributed by atoms with Gasteiger partial charge in [0.2, 0.25) is 5.91 Å². The van der Waals surface area contributed by atoms with Crippen molar-refractivity contribution in [1.29, 1.82) is 0 Å². The highest BCUT2D eigenvalue weighted by atomic mass is 19.1. The van der Waals surface area contributed by atoms with E-state index in [9.17, 15) is 14.0 Å². The van der Waals surface area contributed by atoms with Gasteiger partial charge in [0.05, 0.1) is 0 Å². The molecule has 2 rings (SSSR count). The molecule has 1 aromatic heterocycles. The smallest absolute Gasteiger partial charge is 0.254 e. The summed E-state index contributed by atoms with van der Waals surface area (Å²) >= 11 is 0. The van der Waals surface area contributed by atoms with Gasteiger partial charge in [-0.2, -0.15) is 0 Å². The average molecular weight is 303 g/mol. The topological polar surface area (TPSA) is 74.8 Å². The third-order valence-electron chi connectivity index (χ3n) is 3.42. The molecule has 6 heteroatoms. The van der Waals surface area contributed by atoms with Gasteiger partial charge in [0.1, 0.15) is 11.6 Å². The van der Waals surface area contributed by atoms with Gasteiger partial charge in [-0.1, -0.05) is 6.07 Å². The lowest BCUT2D eigenvalue weighted by Gasteiger charge is -2.09. The van der Waals surface area contributed by atoms with E-state index in [0.717, 1.165) is 5.56 Å². The first-order chi connectivity index (χ1) is 10.4. The van der Waals surface area contributed by atoms with Crippen LogP contribution in [0.15, 0.2) is 23.0 Å². The van der Waals surface area contributed by atoms with Crippen LogP contribution >= 0.6 is 0 Å². The maximum Gasteiger partial charge on any atom is 0.254 e. The number of halogens is 1. The summed E-state index contributed by atoms with van der Waals surface area (Å²) in [5, 5.41) is 2.66. The SMILES string of the molecule is Cc1nc(C)c(CCC(=O)Nc2cc(F)ccc2C)c(=O)[nH]1. The number of amides is 1. The molecule has 22 heavy (non-hydrogen) atoms. The van der Waals surface area contributed by atoms with E-state index in [1.54, 1.807) is 26.8 Å². The first kappa shape index (κ1) is 15.9. The second-order valence-corrected chi connectivity index (χ2v) is 5.22. The lowest BCUT2D eigenvalue weighted by Crippen LogP contribution is -2.20. The number of aromatic amines is 1. The van der Waals surface area contributed by atoms with Gasteiger partial charge in [0.15, 0.2) is 0 Å². The number of hydrogen-bond acceptors (Lipinski definition) is 3. The summed E-state index contributed by atoms with van der Waals surface area (Å²) in [5.74, 6) is -0.130. The number of H-pyrrole nitrogens is 1. The number of nitrogens with one attached hydrogen (secondary N) is 2. The van der Waals surface area contributed by atoms with Crippen molar-refractivity contribution in [3.05, 3.63) is 57.0 Å². The van der Waals surface area contributed by atoms with E-state index in [0.29, 0.717) is 22.8 Å². The molecule has 1 aromatic carbocycles. The summed E-state index contributed by atoms with van der Waals surface area (Å²) in [5.41, 5.74) is 2.12. The number of anilines is 1. The number of aromatic nitrogens is 2. The Morgan fingerprint density at radius 1 is 1.32 bits per heavy atom. The molecule has 0 atom stereocenters. The maximum absolute atomic E-state index is 13.2.